The van der Waals surface area contributed by atoms with Crippen molar-refractivity contribution >= 4 is 11.6 Å². The Morgan fingerprint density at radius 1 is 1.56 bits per heavy atom. The minimum Gasteiger partial charge on any atom is -0.424 e. The van der Waals surface area contributed by atoms with E-state index in [2.05, 4.69) is 10.2 Å². The highest BCUT2D eigenvalue weighted by molar-refractivity contribution is 6.20. The van der Waals surface area contributed by atoms with Gasteiger partial charge in [0.25, 0.3) is 0 Å². The summed E-state index contributed by atoms with van der Waals surface area (Å²) in [7, 11) is 0. The maximum atomic E-state index is 5.62. The van der Waals surface area contributed by atoms with Crippen LogP contribution in [-0.2, 0) is 0 Å². The molecule has 50 valence electrons. The van der Waals surface area contributed by atoms with Crippen LogP contribution < -0.4 is 0 Å². The number of hydrogen-bond acceptors (Lipinski definition) is 3. The van der Waals surface area contributed by atoms with Crippen molar-refractivity contribution in [3.8, 4) is 0 Å². The molecule has 1 unspecified atom stereocenters. The molecule has 0 fully saturated rings. The average Bonchev–Trinajstić information content (AvgIpc) is 2.14. The molecule has 0 amide bonds. The first-order valence-corrected chi connectivity index (χ1v) is 3.08. The lowest BCUT2D eigenvalue weighted by molar-refractivity contribution is 0.468. The number of rotatable bonds is 1. The van der Waals surface area contributed by atoms with E-state index in [1.165, 1.54) is 0 Å². The van der Waals surface area contributed by atoms with Crippen molar-refractivity contribution in [1.29, 1.82) is 0 Å². The van der Waals surface area contributed by atoms with Gasteiger partial charge in [0.1, 0.15) is 5.38 Å². The molecule has 4 heteroatoms. The van der Waals surface area contributed by atoms with Crippen molar-refractivity contribution in [3.63, 3.8) is 0 Å². The molecule has 1 aromatic heterocycles. The van der Waals surface area contributed by atoms with Gasteiger partial charge in [0.15, 0.2) is 0 Å². The van der Waals surface area contributed by atoms with E-state index in [4.69, 9.17) is 16.0 Å². The van der Waals surface area contributed by atoms with Crippen LogP contribution in [0.25, 0.3) is 0 Å². The molecule has 0 aliphatic heterocycles. The first kappa shape index (κ1) is 6.55. The largest absolute Gasteiger partial charge is 0.424 e. The predicted molar refractivity (Wildman–Crippen MR) is 33.3 cm³/mol. The first-order chi connectivity index (χ1) is 4.20. The van der Waals surface area contributed by atoms with E-state index in [1.54, 1.807) is 13.8 Å². The van der Waals surface area contributed by atoms with Gasteiger partial charge in [0.2, 0.25) is 11.8 Å². The van der Waals surface area contributed by atoms with Gasteiger partial charge >= 0.3 is 0 Å². The van der Waals surface area contributed by atoms with E-state index in [9.17, 15) is 0 Å². The molecule has 0 N–H and O–H groups in total. The highest BCUT2D eigenvalue weighted by Crippen LogP contribution is 2.16. The maximum absolute atomic E-state index is 5.62. The number of halogens is 1. The minimum atomic E-state index is -0.189. The second kappa shape index (κ2) is 2.35. The smallest absolute Gasteiger partial charge is 0.234 e. The van der Waals surface area contributed by atoms with Gasteiger partial charge in [-0.1, -0.05) is 0 Å². The monoisotopic (exact) mass is 146 g/mol. The third-order valence-corrected chi connectivity index (χ3v) is 1.07. The minimum absolute atomic E-state index is 0.189. The Balaban J connectivity index is 2.85. The molecule has 0 aromatic carbocycles. The molecule has 0 aliphatic carbocycles. The molecule has 9 heavy (non-hydrogen) atoms. The van der Waals surface area contributed by atoms with Crippen LogP contribution in [0.2, 0.25) is 0 Å². The van der Waals surface area contributed by atoms with Crippen molar-refractivity contribution in [1.82, 2.24) is 10.2 Å². The fourth-order valence-corrected chi connectivity index (χ4v) is 0.561. The fourth-order valence-electron chi connectivity index (χ4n) is 0.473. The zero-order valence-corrected chi connectivity index (χ0v) is 6.01. The Kier molecular flexibility index (Phi) is 1.71. The fraction of sp³-hybridized carbons (Fsp3) is 0.600. The second-order valence-electron chi connectivity index (χ2n) is 1.78. The average molecular weight is 147 g/mol. The molecule has 1 heterocycles. The van der Waals surface area contributed by atoms with Crippen LogP contribution in [0.1, 0.15) is 24.1 Å². The number of hydrogen-bond donors (Lipinski definition) is 0. The van der Waals surface area contributed by atoms with E-state index >= 15 is 0 Å². The summed E-state index contributed by atoms with van der Waals surface area (Å²) in [4.78, 5) is 0. The van der Waals surface area contributed by atoms with Crippen molar-refractivity contribution in [3.05, 3.63) is 11.8 Å². The van der Waals surface area contributed by atoms with E-state index in [0.29, 0.717) is 11.8 Å². The van der Waals surface area contributed by atoms with Crippen molar-refractivity contribution in [2.24, 2.45) is 0 Å². The maximum Gasteiger partial charge on any atom is 0.234 e. The highest BCUT2D eigenvalue weighted by Gasteiger charge is 2.07. The molecule has 1 aromatic rings. The van der Waals surface area contributed by atoms with Crippen LogP contribution in [0, 0.1) is 6.92 Å². The normalized spacial score (nSPS) is 13.7. The summed E-state index contributed by atoms with van der Waals surface area (Å²) in [6.07, 6.45) is 0. The molecule has 0 aliphatic rings. The number of aromatic nitrogens is 2. The predicted octanol–water partition coefficient (Wildman–Crippen LogP) is 1.68. The Hall–Kier alpha value is -0.570. The van der Waals surface area contributed by atoms with Gasteiger partial charge in [-0.05, 0) is 6.92 Å². The molecule has 0 bridgehead atoms. The van der Waals surface area contributed by atoms with E-state index < -0.39 is 0 Å². The summed E-state index contributed by atoms with van der Waals surface area (Å²) in [6, 6.07) is 0. The number of alkyl halides is 1. The lowest BCUT2D eigenvalue weighted by atomic mass is 10.5. The van der Waals surface area contributed by atoms with Gasteiger partial charge < -0.3 is 4.42 Å². The third kappa shape index (κ3) is 1.42. The summed E-state index contributed by atoms with van der Waals surface area (Å²) >= 11 is 5.62. The third-order valence-electron chi connectivity index (χ3n) is 0.882. The molecule has 1 rings (SSSR count). The highest BCUT2D eigenvalue weighted by atomic mass is 35.5. The molecule has 0 saturated heterocycles. The number of aryl methyl sites for hydroxylation is 1. The van der Waals surface area contributed by atoms with Gasteiger partial charge in [0, 0.05) is 6.92 Å². The molecule has 3 nitrogen and oxygen atoms in total. The topological polar surface area (TPSA) is 38.9 Å². The number of nitrogens with zero attached hydrogens (tertiary/aromatic N) is 2. The Bertz CT molecular complexity index is 197. The zero-order valence-electron chi connectivity index (χ0n) is 5.26. The zero-order chi connectivity index (χ0) is 6.85. The van der Waals surface area contributed by atoms with Gasteiger partial charge in [0.05, 0.1) is 0 Å². The summed E-state index contributed by atoms with van der Waals surface area (Å²) in [5.41, 5.74) is 0. The second-order valence-corrected chi connectivity index (χ2v) is 2.43. The van der Waals surface area contributed by atoms with Crippen molar-refractivity contribution < 1.29 is 4.42 Å². The summed E-state index contributed by atoms with van der Waals surface area (Å²) in [5.74, 6) is 1.03. The summed E-state index contributed by atoms with van der Waals surface area (Å²) < 4.78 is 4.99. The Morgan fingerprint density at radius 3 is 2.44 bits per heavy atom. The summed E-state index contributed by atoms with van der Waals surface area (Å²) in [6.45, 7) is 3.52. The van der Waals surface area contributed by atoms with Gasteiger partial charge in [-0.15, -0.1) is 21.8 Å². The SMILES string of the molecule is Cc1nnc(C(C)Cl)o1. The summed E-state index contributed by atoms with van der Waals surface area (Å²) in [5, 5.41) is 7.11. The van der Waals surface area contributed by atoms with Gasteiger partial charge in [-0.25, -0.2) is 0 Å². The lowest BCUT2D eigenvalue weighted by Crippen LogP contribution is -1.81. The van der Waals surface area contributed by atoms with Crippen LogP contribution in [0.4, 0.5) is 0 Å². The quantitative estimate of drug-likeness (QED) is 0.566. The molecular weight excluding hydrogens is 140 g/mol. The standard InChI is InChI=1S/C5H7ClN2O/c1-3(6)5-8-7-4(2)9-5/h3H,1-2H3. The molecule has 0 spiro atoms. The molecule has 0 saturated carbocycles. The van der Waals surface area contributed by atoms with Crippen LogP contribution >= 0.6 is 11.6 Å². The van der Waals surface area contributed by atoms with Crippen LogP contribution in [0.3, 0.4) is 0 Å². The van der Waals surface area contributed by atoms with Crippen molar-refractivity contribution in [2.75, 3.05) is 0 Å². The Morgan fingerprint density at radius 2 is 2.22 bits per heavy atom. The van der Waals surface area contributed by atoms with Gasteiger partial charge in [-0.2, -0.15) is 0 Å². The van der Waals surface area contributed by atoms with Crippen LogP contribution in [0.15, 0.2) is 4.42 Å². The van der Waals surface area contributed by atoms with E-state index in [-0.39, 0.29) is 5.38 Å². The van der Waals surface area contributed by atoms with E-state index in [0.717, 1.165) is 0 Å². The van der Waals surface area contributed by atoms with Crippen molar-refractivity contribution in [2.45, 2.75) is 19.2 Å². The molecular formula is C5H7ClN2O. The molecule has 0 radical (unpaired) electrons. The first-order valence-electron chi connectivity index (χ1n) is 2.64. The Labute approximate surface area is 58.0 Å². The van der Waals surface area contributed by atoms with Crippen LogP contribution in [-0.4, -0.2) is 10.2 Å². The van der Waals surface area contributed by atoms with Crippen LogP contribution in [0.5, 0.6) is 0 Å². The van der Waals surface area contributed by atoms with E-state index in [1.807, 2.05) is 0 Å². The van der Waals surface area contributed by atoms with Gasteiger partial charge in [-0.3, -0.25) is 0 Å². The lowest BCUT2D eigenvalue weighted by Gasteiger charge is -1.89. The molecule has 1 atom stereocenters.